The Morgan fingerprint density at radius 1 is 1.39 bits per heavy atom. The number of rotatable bonds is 5. The molecule has 0 unspecified atom stereocenters. The largest absolute Gasteiger partial charge is 0.487 e. The van der Waals surface area contributed by atoms with E-state index in [2.05, 4.69) is 20.3 Å². The Morgan fingerprint density at radius 3 is 2.89 bits per heavy atom. The van der Waals surface area contributed by atoms with Gasteiger partial charge in [-0.25, -0.2) is 9.02 Å². The van der Waals surface area contributed by atoms with E-state index in [-0.39, 0.29) is 12.4 Å². The lowest BCUT2D eigenvalue weighted by molar-refractivity contribution is 0.268. The minimum Gasteiger partial charge on any atom is -0.487 e. The van der Waals surface area contributed by atoms with Crippen molar-refractivity contribution in [2.75, 3.05) is 7.05 Å². The Morgan fingerprint density at radius 2 is 2.22 bits per heavy atom. The van der Waals surface area contributed by atoms with Crippen molar-refractivity contribution in [3.63, 3.8) is 0 Å². The molecule has 0 spiro atoms. The summed E-state index contributed by atoms with van der Waals surface area (Å²) in [5.74, 6) is 0.333. The highest BCUT2D eigenvalue weighted by atomic mass is 19.1. The van der Waals surface area contributed by atoms with Crippen molar-refractivity contribution in [2.45, 2.75) is 20.1 Å². The van der Waals surface area contributed by atoms with E-state index in [0.29, 0.717) is 23.7 Å². The Hall–Kier alpha value is -1.95. The number of hydrogen-bond acceptors (Lipinski definition) is 5. The fourth-order valence-electron chi connectivity index (χ4n) is 1.54. The molecule has 0 saturated carbocycles. The van der Waals surface area contributed by atoms with Gasteiger partial charge < -0.3 is 10.1 Å². The van der Waals surface area contributed by atoms with Crippen LogP contribution >= 0.6 is 0 Å². The van der Waals surface area contributed by atoms with E-state index >= 15 is 0 Å². The third kappa shape index (κ3) is 2.84. The first kappa shape index (κ1) is 12.5. The third-order valence-electron chi connectivity index (χ3n) is 2.50. The first-order valence-corrected chi connectivity index (χ1v) is 5.54. The van der Waals surface area contributed by atoms with E-state index < -0.39 is 0 Å². The van der Waals surface area contributed by atoms with Gasteiger partial charge in [-0.05, 0) is 32.2 Å². The number of ether oxygens (including phenoxy) is 1. The summed E-state index contributed by atoms with van der Waals surface area (Å²) in [5, 5.41) is 10.3. The fourth-order valence-corrected chi connectivity index (χ4v) is 1.54. The van der Waals surface area contributed by atoms with Crippen LogP contribution in [0, 0.1) is 12.7 Å². The summed E-state index contributed by atoms with van der Waals surface area (Å²) in [7, 11) is 1.79. The molecule has 0 fully saturated rings. The zero-order valence-electron chi connectivity index (χ0n) is 10.2. The average Bonchev–Trinajstić information content (AvgIpc) is 2.74. The topological polar surface area (TPSA) is 60.2 Å². The van der Waals surface area contributed by atoms with E-state index in [0.717, 1.165) is 5.56 Å². The van der Waals surface area contributed by atoms with E-state index in [4.69, 9.17) is 4.74 Å². The molecule has 1 heterocycles. The monoisotopic (exact) mass is 251 g/mol. The van der Waals surface area contributed by atoms with Gasteiger partial charge >= 0.3 is 0 Å². The van der Waals surface area contributed by atoms with Gasteiger partial charge in [-0.15, -0.1) is 0 Å². The minimum absolute atomic E-state index is 0.248. The molecule has 0 aliphatic rings. The number of nitrogens with zero attached hydrogens (tertiary/aromatic N) is 2. The molecule has 0 atom stereocenters. The number of halogens is 1. The van der Waals surface area contributed by atoms with Crippen LogP contribution in [0.5, 0.6) is 5.75 Å². The van der Waals surface area contributed by atoms with E-state index in [1.165, 1.54) is 12.1 Å². The molecule has 1 aromatic heterocycles. The summed E-state index contributed by atoms with van der Waals surface area (Å²) in [6.07, 6.45) is 0. The van der Waals surface area contributed by atoms with Crippen molar-refractivity contribution in [3.8, 4) is 5.75 Å². The molecular formula is C12H14FN3O2. The molecule has 0 bridgehead atoms. The molecule has 0 amide bonds. The van der Waals surface area contributed by atoms with Gasteiger partial charge in [0.2, 0.25) is 0 Å². The van der Waals surface area contributed by atoms with Crippen molar-refractivity contribution in [1.82, 2.24) is 15.6 Å². The first-order chi connectivity index (χ1) is 8.70. The summed E-state index contributed by atoms with van der Waals surface area (Å²) < 4.78 is 23.3. The maximum Gasteiger partial charge on any atom is 0.145 e. The van der Waals surface area contributed by atoms with Crippen molar-refractivity contribution < 1.29 is 13.8 Å². The lowest BCUT2D eigenvalue weighted by Crippen LogP contribution is -2.08. The maximum absolute atomic E-state index is 13.1. The molecule has 0 saturated heterocycles. The van der Waals surface area contributed by atoms with Crippen molar-refractivity contribution >= 4 is 0 Å². The van der Waals surface area contributed by atoms with Crippen LogP contribution in [0.25, 0.3) is 0 Å². The van der Waals surface area contributed by atoms with E-state index in [1.54, 1.807) is 20.0 Å². The minimum atomic E-state index is -0.285. The summed E-state index contributed by atoms with van der Waals surface area (Å²) in [4.78, 5) is 0. The Balaban J connectivity index is 2.11. The van der Waals surface area contributed by atoms with Crippen LogP contribution in [0.2, 0.25) is 0 Å². The van der Waals surface area contributed by atoms with Crippen LogP contribution in [0.3, 0.4) is 0 Å². The van der Waals surface area contributed by atoms with Crippen LogP contribution in [0.15, 0.2) is 22.8 Å². The fraction of sp³-hybridized carbons (Fsp3) is 0.333. The quantitative estimate of drug-likeness (QED) is 0.878. The van der Waals surface area contributed by atoms with Gasteiger partial charge in [0.1, 0.15) is 29.6 Å². The third-order valence-corrected chi connectivity index (χ3v) is 2.50. The summed E-state index contributed by atoms with van der Waals surface area (Å²) >= 11 is 0. The Labute approximate surface area is 104 Å². The van der Waals surface area contributed by atoms with Gasteiger partial charge in [-0.2, -0.15) is 0 Å². The highest BCUT2D eigenvalue weighted by Crippen LogP contribution is 2.21. The molecule has 0 radical (unpaired) electrons. The number of hydrogen-bond donors (Lipinski definition) is 1. The average molecular weight is 251 g/mol. The molecule has 96 valence electrons. The second-order valence-corrected chi connectivity index (χ2v) is 3.87. The van der Waals surface area contributed by atoms with Gasteiger partial charge in [-0.3, -0.25) is 0 Å². The predicted molar refractivity (Wildman–Crippen MR) is 62.5 cm³/mol. The van der Waals surface area contributed by atoms with Gasteiger partial charge in [0, 0.05) is 12.1 Å². The summed E-state index contributed by atoms with van der Waals surface area (Å²) in [6, 6.07) is 4.41. The molecule has 18 heavy (non-hydrogen) atoms. The van der Waals surface area contributed by atoms with Crippen molar-refractivity contribution in [1.29, 1.82) is 0 Å². The zero-order valence-corrected chi connectivity index (χ0v) is 10.2. The Kier molecular flexibility index (Phi) is 3.88. The van der Waals surface area contributed by atoms with Gasteiger partial charge in [0.15, 0.2) is 0 Å². The highest BCUT2D eigenvalue weighted by molar-refractivity contribution is 5.34. The zero-order chi connectivity index (χ0) is 13.0. The molecule has 5 nitrogen and oxygen atoms in total. The maximum atomic E-state index is 13.1. The molecule has 6 heteroatoms. The number of nitrogens with one attached hydrogen (secondary N) is 1. The Bertz CT molecular complexity index is 528. The van der Waals surface area contributed by atoms with Crippen LogP contribution < -0.4 is 10.1 Å². The predicted octanol–water partition coefficient (Wildman–Crippen LogP) is 1.82. The van der Waals surface area contributed by atoms with E-state index in [1.807, 2.05) is 0 Å². The first-order valence-electron chi connectivity index (χ1n) is 5.54. The highest BCUT2D eigenvalue weighted by Gasteiger charge is 2.09. The lowest BCUT2D eigenvalue weighted by Gasteiger charge is -2.10. The van der Waals surface area contributed by atoms with E-state index in [9.17, 15) is 4.39 Å². The molecular weight excluding hydrogens is 237 g/mol. The molecule has 2 rings (SSSR count). The van der Waals surface area contributed by atoms with Crippen molar-refractivity contribution in [2.24, 2.45) is 0 Å². The van der Waals surface area contributed by atoms with Gasteiger partial charge in [0.05, 0.1) is 0 Å². The second kappa shape index (κ2) is 5.59. The SMILES string of the molecule is CNCc1cc(F)ccc1OCc1nonc1C. The summed E-state index contributed by atoms with van der Waals surface area (Å²) in [5.41, 5.74) is 2.08. The van der Waals surface area contributed by atoms with Crippen LogP contribution in [-0.4, -0.2) is 17.4 Å². The number of aromatic nitrogens is 2. The van der Waals surface area contributed by atoms with Crippen LogP contribution in [0.4, 0.5) is 4.39 Å². The van der Waals surface area contributed by atoms with Crippen LogP contribution in [0.1, 0.15) is 17.0 Å². The van der Waals surface area contributed by atoms with Crippen molar-refractivity contribution in [3.05, 3.63) is 41.0 Å². The standard InChI is InChI=1S/C12H14FN3O2/c1-8-11(16-18-15-8)7-17-12-4-3-10(13)5-9(12)6-14-2/h3-5,14H,6-7H2,1-2H3. The normalized spacial score (nSPS) is 10.6. The van der Waals surface area contributed by atoms with Gasteiger partial charge in [-0.1, -0.05) is 10.3 Å². The number of benzene rings is 1. The summed E-state index contributed by atoms with van der Waals surface area (Å²) in [6.45, 7) is 2.56. The van der Waals surface area contributed by atoms with Crippen LogP contribution in [-0.2, 0) is 13.2 Å². The smallest absolute Gasteiger partial charge is 0.145 e. The molecule has 2 aromatic rings. The molecule has 1 N–H and O–H groups in total. The molecule has 0 aliphatic carbocycles. The molecule has 1 aromatic carbocycles. The molecule has 0 aliphatic heterocycles. The van der Waals surface area contributed by atoms with Gasteiger partial charge in [0.25, 0.3) is 0 Å². The number of aryl methyl sites for hydroxylation is 1. The second-order valence-electron chi connectivity index (χ2n) is 3.87. The lowest BCUT2D eigenvalue weighted by atomic mass is 10.2.